The third-order valence-corrected chi connectivity index (χ3v) is 2.94. The Morgan fingerprint density at radius 1 is 1.40 bits per heavy atom. The van der Waals surface area contributed by atoms with Crippen LogP contribution in [0, 0.1) is 5.92 Å². The van der Waals surface area contributed by atoms with E-state index in [1.807, 2.05) is 18.2 Å². The lowest BCUT2D eigenvalue weighted by Crippen LogP contribution is -2.04. The first-order valence-corrected chi connectivity index (χ1v) is 5.53. The van der Waals surface area contributed by atoms with Gasteiger partial charge in [0.05, 0.1) is 0 Å². The molecule has 2 heteroatoms. The van der Waals surface area contributed by atoms with E-state index in [4.69, 9.17) is 5.73 Å². The summed E-state index contributed by atoms with van der Waals surface area (Å²) in [7, 11) is 0. The Labute approximate surface area is 90.5 Å². The second kappa shape index (κ2) is 3.69. The lowest BCUT2D eigenvalue weighted by atomic mass is 9.97. The summed E-state index contributed by atoms with van der Waals surface area (Å²) in [4.78, 5) is 11.8. The molecule has 0 radical (unpaired) electrons. The molecule has 0 atom stereocenters. The van der Waals surface area contributed by atoms with E-state index in [9.17, 15) is 4.79 Å². The van der Waals surface area contributed by atoms with E-state index in [2.05, 4.69) is 13.8 Å². The Balaban J connectivity index is 2.28. The van der Waals surface area contributed by atoms with Gasteiger partial charge in [-0.15, -0.1) is 0 Å². The zero-order chi connectivity index (χ0) is 11.0. The van der Waals surface area contributed by atoms with Crippen LogP contribution < -0.4 is 5.73 Å². The number of hydrogen-bond acceptors (Lipinski definition) is 2. The first-order valence-electron chi connectivity index (χ1n) is 5.53. The maximum Gasteiger partial charge on any atom is 0.166 e. The summed E-state index contributed by atoms with van der Waals surface area (Å²) in [6.45, 7) is 4.21. The SMILES string of the molecule is CC(C)c1ccc(C(=O)C2CC2)cc1N. The van der Waals surface area contributed by atoms with Crippen molar-refractivity contribution in [3.05, 3.63) is 29.3 Å². The molecule has 1 aliphatic carbocycles. The maximum absolute atomic E-state index is 11.8. The van der Waals surface area contributed by atoms with Gasteiger partial charge in [0.2, 0.25) is 0 Å². The van der Waals surface area contributed by atoms with Gasteiger partial charge in [-0.1, -0.05) is 26.0 Å². The number of benzene rings is 1. The van der Waals surface area contributed by atoms with E-state index in [1.165, 1.54) is 0 Å². The van der Waals surface area contributed by atoms with Crippen LogP contribution in [0.5, 0.6) is 0 Å². The molecule has 0 aliphatic heterocycles. The molecule has 2 rings (SSSR count). The van der Waals surface area contributed by atoms with Gasteiger partial charge in [0.15, 0.2) is 5.78 Å². The Hall–Kier alpha value is -1.31. The highest BCUT2D eigenvalue weighted by atomic mass is 16.1. The van der Waals surface area contributed by atoms with E-state index >= 15 is 0 Å². The molecule has 0 heterocycles. The number of hydrogen-bond donors (Lipinski definition) is 1. The summed E-state index contributed by atoms with van der Waals surface area (Å²) in [6.07, 6.45) is 2.09. The first-order chi connectivity index (χ1) is 7.09. The fraction of sp³-hybridized carbons (Fsp3) is 0.462. The Morgan fingerprint density at radius 2 is 2.07 bits per heavy atom. The highest BCUT2D eigenvalue weighted by molar-refractivity contribution is 6.00. The zero-order valence-electron chi connectivity index (χ0n) is 9.29. The van der Waals surface area contributed by atoms with Crippen molar-refractivity contribution < 1.29 is 4.79 Å². The number of carbonyl (C=O) groups is 1. The average molecular weight is 203 g/mol. The van der Waals surface area contributed by atoms with Crippen molar-refractivity contribution in [2.75, 3.05) is 5.73 Å². The summed E-state index contributed by atoms with van der Waals surface area (Å²) in [5.74, 6) is 0.946. The van der Waals surface area contributed by atoms with Crippen molar-refractivity contribution in [3.8, 4) is 0 Å². The topological polar surface area (TPSA) is 43.1 Å². The minimum atomic E-state index is 0.261. The maximum atomic E-state index is 11.8. The second-order valence-electron chi connectivity index (χ2n) is 4.64. The highest BCUT2D eigenvalue weighted by Crippen LogP contribution is 2.33. The Bertz CT molecular complexity index is 392. The molecule has 2 nitrogen and oxygen atoms in total. The molecular formula is C13H17NO. The number of carbonyl (C=O) groups excluding carboxylic acids is 1. The van der Waals surface area contributed by atoms with Gasteiger partial charge < -0.3 is 5.73 Å². The van der Waals surface area contributed by atoms with Gasteiger partial charge in [0.25, 0.3) is 0 Å². The summed E-state index contributed by atoms with van der Waals surface area (Å²) in [5.41, 5.74) is 8.58. The molecule has 1 aromatic rings. The van der Waals surface area contributed by atoms with Gasteiger partial charge in [0, 0.05) is 17.2 Å². The largest absolute Gasteiger partial charge is 0.398 e. The summed E-state index contributed by atoms with van der Waals surface area (Å²) in [5, 5.41) is 0. The van der Waals surface area contributed by atoms with Crippen LogP contribution in [0.25, 0.3) is 0 Å². The van der Waals surface area contributed by atoms with E-state index in [-0.39, 0.29) is 11.7 Å². The predicted octanol–water partition coefficient (Wildman–Crippen LogP) is 2.98. The molecule has 15 heavy (non-hydrogen) atoms. The number of anilines is 1. The fourth-order valence-electron chi connectivity index (χ4n) is 1.84. The van der Waals surface area contributed by atoms with Crippen LogP contribution >= 0.6 is 0 Å². The zero-order valence-corrected chi connectivity index (χ0v) is 9.29. The van der Waals surface area contributed by atoms with Gasteiger partial charge in [-0.2, -0.15) is 0 Å². The van der Waals surface area contributed by atoms with Gasteiger partial charge in [-0.25, -0.2) is 0 Å². The van der Waals surface area contributed by atoms with Crippen LogP contribution in [0.2, 0.25) is 0 Å². The lowest BCUT2D eigenvalue weighted by Gasteiger charge is -2.10. The molecule has 0 spiro atoms. The number of ketones is 1. The van der Waals surface area contributed by atoms with Crippen LogP contribution in [0.3, 0.4) is 0 Å². The van der Waals surface area contributed by atoms with Gasteiger partial charge in [-0.05, 0) is 30.4 Å². The molecule has 0 amide bonds. The summed E-state index contributed by atoms with van der Waals surface area (Å²) >= 11 is 0. The number of nitrogen functional groups attached to an aromatic ring is 1. The van der Waals surface area contributed by atoms with Gasteiger partial charge in [0.1, 0.15) is 0 Å². The third kappa shape index (κ3) is 2.04. The average Bonchev–Trinajstić information content (AvgIpc) is 2.99. The van der Waals surface area contributed by atoms with Crippen LogP contribution in [0.15, 0.2) is 18.2 Å². The molecule has 0 bridgehead atoms. The van der Waals surface area contributed by atoms with E-state index < -0.39 is 0 Å². The highest BCUT2D eigenvalue weighted by Gasteiger charge is 2.30. The molecule has 1 saturated carbocycles. The smallest absolute Gasteiger partial charge is 0.166 e. The molecule has 80 valence electrons. The van der Waals surface area contributed by atoms with Gasteiger partial charge >= 0.3 is 0 Å². The van der Waals surface area contributed by atoms with Crippen molar-refractivity contribution in [2.45, 2.75) is 32.6 Å². The van der Waals surface area contributed by atoms with Crippen LogP contribution in [-0.2, 0) is 0 Å². The molecule has 0 unspecified atom stereocenters. The minimum absolute atomic E-state index is 0.261. The van der Waals surface area contributed by atoms with E-state index in [1.54, 1.807) is 0 Å². The minimum Gasteiger partial charge on any atom is -0.398 e. The quantitative estimate of drug-likeness (QED) is 0.606. The normalized spacial score (nSPS) is 15.7. The molecule has 1 aliphatic rings. The number of Topliss-reactive ketones (excluding diaryl/α,β-unsaturated/α-hetero) is 1. The first kappa shape index (κ1) is 10.2. The van der Waals surface area contributed by atoms with Gasteiger partial charge in [-0.3, -0.25) is 4.79 Å². The van der Waals surface area contributed by atoms with E-state index in [0.717, 1.165) is 29.7 Å². The number of nitrogens with two attached hydrogens (primary N) is 1. The molecule has 1 fully saturated rings. The van der Waals surface area contributed by atoms with E-state index in [0.29, 0.717) is 5.92 Å². The van der Waals surface area contributed by atoms with Crippen molar-refractivity contribution in [3.63, 3.8) is 0 Å². The van der Waals surface area contributed by atoms with Crippen molar-refractivity contribution in [2.24, 2.45) is 5.92 Å². The Morgan fingerprint density at radius 3 is 2.53 bits per heavy atom. The monoisotopic (exact) mass is 203 g/mol. The standard InChI is InChI=1S/C13H17NO/c1-8(2)11-6-5-10(7-12(11)14)13(15)9-3-4-9/h5-9H,3-4,14H2,1-2H3. The summed E-state index contributed by atoms with van der Waals surface area (Å²) in [6, 6.07) is 5.72. The fourth-order valence-corrected chi connectivity index (χ4v) is 1.84. The molecule has 1 aromatic carbocycles. The van der Waals surface area contributed by atoms with Crippen LogP contribution in [0.1, 0.15) is 48.5 Å². The number of rotatable bonds is 3. The van der Waals surface area contributed by atoms with Crippen molar-refractivity contribution >= 4 is 11.5 Å². The molecular weight excluding hydrogens is 186 g/mol. The molecule has 0 aromatic heterocycles. The second-order valence-corrected chi connectivity index (χ2v) is 4.64. The summed E-state index contributed by atoms with van der Waals surface area (Å²) < 4.78 is 0. The predicted molar refractivity (Wildman–Crippen MR) is 62.0 cm³/mol. The lowest BCUT2D eigenvalue weighted by molar-refractivity contribution is 0.0967. The van der Waals surface area contributed by atoms with Crippen molar-refractivity contribution in [1.82, 2.24) is 0 Å². The molecule has 0 saturated heterocycles. The molecule has 2 N–H and O–H groups in total. The van der Waals surface area contributed by atoms with Crippen molar-refractivity contribution in [1.29, 1.82) is 0 Å². The Kier molecular flexibility index (Phi) is 2.51. The van der Waals surface area contributed by atoms with Crippen LogP contribution in [-0.4, -0.2) is 5.78 Å². The van der Waals surface area contributed by atoms with Crippen LogP contribution in [0.4, 0.5) is 5.69 Å². The third-order valence-electron chi connectivity index (χ3n) is 2.94.